The van der Waals surface area contributed by atoms with E-state index in [0.717, 1.165) is 11.1 Å². The number of benzene rings is 1. The highest BCUT2D eigenvalue weighted by Gasteiger charge is 2.15. The number of carbonyl (C=O) groups excluding carboxylic acids is 2. The van der Waals surface area contributed by atoms with Gasteiger partial charge < -0.3 is 10.1 Å². The molecule has 0 aliphatic rings. The van der Waals surface area contributed by atoms with Gasteiger partial charge in [-0.25, -0.2) is 4.79 Å². The van der Waals surface area contributed by atoms with Gasteiger partial charge in [-0.3, -0.25) is 4.79 Å². The maximum atomic E-state index is 11.7. The summed E-state index contributed by atoms with van der Waals surface area (Å²) < 4.78 is 5.05. The van der Waals surface area contributed by atoms with Crippen LogP contribution in [0.5, 0.6) is 0 Å². The number of Topliss-reactive ketones (excluding diaryl/α,β-unsaturated/α-hetero) is 1. The van der Waals surface area contributed by atoms with Crippen LogP contribution in [-0.4, -0.2) is 17.9 Å². The fraction of sp³-hybridized carbons (Fsp3) is 0.375. The van der Waals surface area contributed by atoms with E-state index in [9.17, 15) is 9.59 Å². The summed E-state index contributed by atoms with van der Waals surface area (Å²) >= 11 is 0. The normalized spacial score (nSPS) is 11.5. The largest absolute Gasteiger partial charge is 0.445 e. The number of hydrogen-bond acceptors (Lipinski definition) is 3. The molecule has 0 radical (unpaired) electrons. The number of amides is 1. The lowest BCUT2D eigenvalue weighted by Crippen LogP contribution is -2.38. The highest BCUT2D eigenvalue weighted by atomic mass is 16.5. The molecule has 0 aliphatic heterocycles. The lowest BCUT2D eigenvalue weighted by Gasteiger charge is -2.13. The predicted molar refractivity (Wildman–Crippen MR) is 78.3 cm³/mol. The van der Waals surface area contributed by atoms with Crippen LogP contribution in [0.25, 0.3) is 0 Å². The molecular weight excluding hydrogens is 254 g/mol. The van der Waals surface area contributed by atoms with Crippen molar-refractivity contribution in [1.29, 1.82) is 0 Å². The zero-order valence-electron chi connectivity index (χ0n) is 12.0. The van der Waals surface area contributed by atoms with Gasteiger partial charge in [-0.15, -0.1) is 6.58 Å². The second kappa shape index (κ2) is 8.15. The fourth-order valence-electron chi connectivity index (χ4n) is 1.58. The monoisotopic (exact) mass is 275 g/mol. The summed E-state index contributed by atoms with van der Waals surface area (Å²) in [6.07, 6.45) is 0.448. The Bertz CT molecular complexity index is 468. The standard InChI is InChI=1S/C16H21NO3/c1-12(2)9-10-15(18)13(3)17-16(19)20-11-14-7-5-4-6-8-14/h4-8,13H,1,9-11H2,2-3H3,(H,17,19). The van der Waals surface area contributed by atoms with Gasteiger partial charge in [0.15, 0.2) is 5.78 Å². The molecule has 0 aromatic heterocycles. The van der Waals surface area contributed by atoms with Gasteiger partial charge in [0, 0.05) is 6.42 Å². The lowest BCUT2D eigenvalue weighted by molar-refractivity contribution is -0.120. The van der Waals surface area contributed by atoms with E-state index >= 15 is 0 Å². The van der Waals surface area contributed by atoms with Crippen LogP contribution in [0.1, 0.15) is 32.3 Å². The van der Waals surface area contributed by atoms with Crippen LogP contribution in [-0.2, 0) is 16.1 Å². The molecule has 108 valence electrons. The first kappa shape index (κ1) is 16.0. The number of ether oxygens (including phenoxy) is 1. The van der Waals surface area contributed by atoms with E-state index in [4.69, 9.17) is 4.74 Å². The number of allylic oxidation sites excluding steroid dienone is 1. The smallest absolute Gasteiger partial charge is 0.408 e. The van der Waals surface area contributed by atoms with Crippen LogP contribution in [0, 0.1) is 0 Å². The van der Waals surface area contributed by atoms with Crippen LogP contribution in [0.4, 0.5) is 4.79 Å². The Kier molecular flexibility index (Phi) is 6.50. The molecule has 0 saturated carbocycles. The summed E-state index contributed by atoms with van der Waals surface area (Å²) in [5, 5.41) is 2.53. The SMILES string of the molecule is C=C(C)CCC(=O)C(C)NC(=O)OCc1ccccc1. The van der Waals surface area contributed by atoms with E-state index in [1.807, 2.05) is 37.3 Å². The highest BCUT2D eigenvalue weighted by molar-refractivity contribution is 5.87. The molecule has 1 aromatic carbocycles. The predicted octanol–water partition coefficient (Wildman–Crippen LogP) is 3.23. The van der Waals surface area contributed by atoms with E-state index in [0.29, 0.717) is 12.8 Å². The van der Waals surface area contributed by atoms with Gasteiger partial charge in [-0.05, 0) is 25.8 Å². The molecular formula is C16H21NO3. The van der Waals surface area contributed by atoms with Gasteiger partial charge in [0.25, 0.3) is 0 Å². The van der Waals surface area contributed by atoms with Crippen molar-refractivity contribution in [3.05, 3.63) is 48.0 Å². The quantitative estimate of drug-likeness (QED) is 0.777. The number of ketones is 1. The Morgan fingerprint density at radius 3 is 2.50 bits per heavy atom. The molecule has 0 saturated heterocycles. The summed E-state index contributed by atoms with van der Waals surface area (Å²) in [5.41, 5.74) is 1.86. The Labute approximate surface area is 119 Å². The average molecular weight is 275 g/mol. The third kappa shape index (κ3) is 6.18. The van der Waals surface area contributed by atoms with Gasteiger partial charge in [0.05, 0.1) is 6.04 Å². The molecule has 1 unspecified atom stereocenters. The first-order valence-electron chi connectivity index (χ1n) is 6.63. The summed E-state index contributed by atoms with van der Waals surface area (Å²) in [6, 6.07) is 8.84. The van der Waals surface area contributed by atoms with Crippen LogP contribution in [0.3, 0.4) is 0 Å². The van der Waals surface area contributed by atoms with E-state index in [-0.39, 0.29) is 12.4 Å². The molecule has 0 aliphatic carbocycles. The number of carbonyl (C=O) groups is 2. The van der Waals surface area contributed by atoms with Gasteiger partial charge in [-0.2, -0.15) is 0 Å². The molecule has 20 heavy (non-hydrogen) atoms. The molecule has 0 heterocycles. The molecule has 1 N–H and O–H groups in total. The van der Waals surface area contributed by atoms with Crippen molar-refractivity contribution in [2.24, 2.45) is 0 Å². The minimum atomic E-state index is -0.579. The fourth-order valence-corrected chi connectivity index (χ4v) is 1.58. The van der Waals surface area contributed by atoms with E-state index in [1.54, 1.807) is 6.92 Å². The van der Waals surface area contributed by atoms with E-state index < -0.39 is 12.1 Å². The number of nitrogens with one attached hydrogen (secondary N) is 1. The Morgan fingerprint density at radius 2 is 1.90 bits per heavy atom. The third-order valence-electron chi connectivity index (χ3n) is 2.83. The second-order valence-corrected chi connectivity index (χ2v) is 4.85. The zero-order chi connectivity index (χ0) is 15.0. The van der Waals surface area contributed by atoms with Crippen LogP contribution in [0.15, 0.2) is 42.5 Å². The molecule has 1 aromatic rings. The summed E-state index contributed by atoms with van der Waals surface area (Å²) in [5.74, 6) is -0.0235. The van der Waals surface area contributed by atoms with Gasteiger partial charge in [0.1, 0.15) is 6.61 Å². The molecule has 1 amide bonds. The van der Waals surface area contributed by atoms with Crippen molar-refractivity contribution in [3.63, 3.8) is 0 Å². The van der Waals surface area contributed by atoms with E-state index in [2.05, 4.69) is 11.9 Å². The Morgan fingerprint density at radius 1 is 1.25 bits per heavy atom. The van der Waals surface area contributed by atoms with Crippen molar-refractivity contribution in [3.8, 4) is 0 Å². The number of hydrogen-bond donors (Lipinski definition) is 1. The van der Waals surface area contributed by atoms with Crippen molar-refractivity contribution in [2.45, 2.75) is 39.3 Å². The summed E-state index contributed by atoms with van der Waals surface area (Å²) in [7, 11) is 0. The first-order valence-corrected chi connectivity index (χ1v) is 6.63. The average Bonchev–Trinajstić information content (AvgIpc) is 2.43. The Balaban J connectivity index is 2.30. The zero-order valence-corrected chi connectivity index (χ0v) is 12.0. The minimum absolute atomic E-state index is 0.0235. The highest BCUT2D eigenvalue weighted by Crippen LogP contribution is 2.04. The molecule has 1 rings (SSSR count). The van der Waals surface area contributed by atoms with Crippen molar-refractivity contribution in [1.82, 2.24) is 5.32 Å². The number of alkyl carbamates (subject to hydrolysis) is 1. The molecule has 0 fully saturated rings. The van der Waals surface area contributed by atoms with Crippen molar-refractivity contribution >= 4 is 11.9 Å². The van der Waals surface area contributed by atoms with Crippen molar-refractivity contribution in [2.75, 3.05) is 0 Å². The molecule has 4 heteroatoms. The molecule has 0 bridgehead atoms. The molecule has 0 spiro atoms. The summed E-state index contributed by atoms with van der Waals surface area (Å²) in [4.78, 5) is 23.3. The maximum absolute atomic E-state index is 11.7. The minimum Gasteiger partial charge on any atom is -0.445 e. The second-order valence-electron chi connectivity index (χ2n) is 4.85. The van der Waals surface area contributed by atoms with Gasteiger partial charge in [0.2, 0.25) is 0 Å². The van der Waals surface area contributed by atoms with Crippen LogP contribution >= 0.6 is 0 Å². The first-order chi connectivity index (χ1) is 9.49. The molecule has 4 nitrogen and oxygen atoms in total. The third-order valence-corrected chi connectivity index (χ3v) is 2.83. The van der Waals surface area contributed by atoms with Crippen LogP contribution < -0.4 is 5.32 Å². The van der Waals surface area contributed by atoms with Gasteiger partial charge >= 0.3 is 6.09 Å². The summed E-state index contributed by atoms with van der Waals surface area (Å²) in [6.45, 7) is 7.47. The van der Waals surface area contributed by atoms with Crippen molar-refractivity contribution < 1.29 is 14.3 Å². The Hall–Kier alpha value is -2.10. The topological polar surface area (TPSA) is 55.4 Å². The maximum Gasteiger partial charge on any atom is 0.408 e. The lowest BCUT2D eigenvalue weighted by atomic mass is 10.1. The molecule has 1 atom stereocenters. The van der Waals surface area contributed by atoms with Crippen LogP contribution in [0.2, 0.25) is 0 Å². The number of rotatable bonds is 7. The van der Waals surface area contributed by atoms with Gasteiger partial charge in [-0.1, -0.05) is 35.9 Å². The van der Waals surface area contributed by atoms with E-state index in [1.165, 1.54) is 0 Å².